The molecule has 2 aromatic carbocycles. The Kier molecular flexibility index (Phi) is 5.48. The summed E-state index contributed by atoms with van der Waals surface area (Å²) in [4.78, 5) is 14.4. The summed E-state index contributed by atoms with van der Waals surface area (Å²) in [5, 5.41) is 13.6. The first-order valence-electron chi connectivity index (χ1n) is 9.32. The molecule has 2 heterocycles. The van der Waals surface area contributed by atoms with E-state index in [0.717, 1.165) is 22.0 Å². The van der Waals surface area contributed by atoms with Gasteiger partial charge in [0, 0.05) is 11.8 Å². The molecule has 1 atom stereocenters. The van der Waals surface area contributed by atoms with Crippen LogP contribution in [0, 0.1) is 11.3 Å². The van der Waals surface area contributed by atoms with E-state index in [4.69, 9.17) is 19.9 Å². The van der Waals surface area contributed by atoms with Crippen molar-refractivity contribution in [1.82, 2.24) is 4.98 Å². The van der Waals surface area contributed by atoms with Gasteiger partial charge in [-0.3, -0.25) is 4.79 Å². The van der Waals surface area contributed by atoms with Gasteiger partial charge in [0.05, 0.1) is 59.4 Å². The standard InChI is InChI=1S/C22H19BrN4O4/c1-29-17-6-11(5-14(23)22(17)30-2)19-12(7-24)10-31-21-13(19)3-4-15-20(21)16(8-26-15)27-9-18(25)28/h3-6,8,10,19,26-27H,9H2,1-2H3,(H2,25,28). The molecule has 31 heavy (non-hydrogen) atoms. The molecule has 0 radical (unpaired) electrons. The van der Waals surface area contributed by atoms with E-state index in [9.17, 15) is 10.1 Å². The van der Waals surface area contributed by atoms with E-state index in [0.29, 0.717) is 33.0 Å². The first-order chi connectivity index (χ1) is 15.0. The Hall–Kier alpha value is -3.64. The van der Waals surface area contributed by atoms with Crippen molar-refractivity contribution in [3.8, 4) is 23.3 Å². The highest BCUT2D eigenvalue weighted by atomic mass is 79.9. The van der Waals surface area contributed by atoms with Crippen molar-refractivity contribution in [2.45, 2.75) is 5.92 Å². The van der Waals surface area contributed by atoms with Crippen molar-refractivity contribution in [1.29, 1.82) is 5.26 Å². The van der Waals surface area contributed by atoms with E-state index in [1.54, 1.807) is 20.4 Å². The van der Waals surface area contributed by atoms with Crippen LogP contribution in [-0.4, -0.2) is 31.7 Å². The summed E-state index contributed by atoms with van der Waals surface area (Å²) in [5.41, 5.74) is 8.89. The number of ether oxygens (including phenoxy) is 3. The Bertz CT molecular complexity index is 1260. The van der Waals surface area contributed by atoms with Gasteiger partial charge in [-0.15, -0.1) is 0 Å². The smallest absolute Gasteiger partial charge is 0.236 e. The van der Waals surface area contributed by atoms with Crippen molar-refractivity contribution in [3.63, 3.8) is 0 Å². The molecular formula is C22H19BrN4O4. The maximum absolute atomic E-state index is 11.2. The van der Waals surface area contributed by atoms with Crippen LogP contribution in [0.2, 0.25) is 0 Å². The predicted molar refractivity (Wildman–Crippen MR) is 119 cm³/mol. The Morgan fingerprint density at radius 1 is 1.35 bits per heavy atom. The van der Waals surface area contributed by atoms with E-state index in [2.05, 4.69) is 32.3 Å². The monoisotopic (exact) mass is 482 g/mol. The lowest BCUT2D eigenvalue weighted by molar-refractivity contribution is -0.116. The number of methoxy groups -OCH3 is 2. The second-order valence-electron chi connectivity index (χ2n) is 6.90. The minimum absolute atomic E-state index is 0.0119. The number of benzene rings is 2. The molecule has 9 heteroatoms. The number of hydrogen-bond donors (Lipinski definition) is 3. The minimum Gasteiger partial charge on any atom is -0.493 e. The lowest BCUT2D eigenvalue weighted by Gasteiger charge is -2.26. The Balaban J connectivity index is 1.90. The highest BCUT2D eigenvalue weighted by molar-refractivity contribution is 9.10. The van der Waals surface area contributed by atoms with Gasteiger partial charge in [-0.25, -0.2) is 0 Å². The van der Waals surface area contributed by atoms with Crippen LogP contribution in [0.4, 0.5) is 5.69 Å². The largest absolute Gasteiger partial charge is 0.493 e. The molecule has 1 amide bonds. The van der Waals surface area contributed by atoms with Crippen LogP contribution in [0.1, 0.15) is 17.0 Å². The molecule has 4 N–H and O–H groups in total. The van der Waals surface area contributed by atoms with Gasteiger partial charge in [0.15, 0.2) is 11.5 Å². The number of nitrogens with one attached hydrogen (secondary N) is 2. The van der Waals surface area contributed by atoms with Crippen molar-refractivity contribution in [2.24, 2.45) is 5.73 Å². The number of rotatable bonds is 6. The summed E-state index contributed by atoms with van der Waals surface area (Å²) in [6.07, 6.45) is 3.21. The number of carbonyl (C=O) groups is 1. The van der Waals surface area contributed by atoms with Crippen LogP contribution in [-0.2, 0) is 4.79 Å². The van der Waals surface area contributed by atoms with Gasteiger partial charge in [0.25, 0.3) is 0 Å². The Morgan fingerprint density at radius 3 is 2.84 bits per heavy atom. The SMILES string of the molecule is COc1cc(C2C(C#N)=COc3c2ccc2[nH]cc(NCC(N)=O)c32)cc(Br)c1OC. The molecule has 0 aliphatic carbocycles. The van der Waals surface area contributed by atoms with E-state index in [-0.39, 0.29) is 12.5 Å². The number of fused-ring (bicyclic) bond motifs is 3. The average Bonchev–Trinajstić information content (AvgIpc) is 3.19. The minimum atomic E-state index is -0.472. The Labute approximate surface area is 186 Å². The number of carbonyl (C=O) groups excluding carboxylic acids is 1. The number of H-pyrrole nitrogens is 1. The van der Waals surface area contributed by atoms with Crippen LogP contribution in [0.15, 0.2) is 46.8 Å². The number of nitriles is 1. The van der Waals surface area contributed by atoms with E-state index >= 15 is 0 Å². The molecule has 1 aliphatic rings. The highest BCUT2D eigenvalue weighted by Crippen LogP contribution is 2.48. The first kappa shape index (κ1) is 20.6. The summed E-state index contributed by atoms with van der Waals surface area (Å²) < 4.78 is 17.5. The molecular weight excluding hydrogens is 464 g/mol. The van der Waals surface area contributed by atoms with Crippen molar-refractivity contribution in [3.05, 3.63) is 57.9 Å². The third kappa shape index (κ3) is 3.55. The van der Waals surface area contributed by atoms with Crippen LogP contribution >= 0.6 is 15.9 Å². The van der Waals surface area contributed by atoms with Gasteiger partial charge >= 0.3 is 0 Å². The van der Waals surface area contributed by atoms with Crippen molar-refractivity contribution >= 4 is 38.4 Å². The predicted octanol–water partition coefficient (Wildman–Crippen LogP) is 3.78. The molecule has 1 aliphatic heterocycles. The molecule has 0 saturated carbocycles. The van der Waals surface area contributed by atoms with Gasteiger partial charge in [-0.1, -0.05) is 6.07 Å². The number of allylic oxidation sites excluding steroid dienone is 1. The number of halogens is 1. The van der Waals surface area contributed by atoms with Gasteiger partial charge in [-0.05, 0) is 39.7 Å². The first-order valence-corrected chi connectivity index (χ1v) is 10.1. The number of amides is 1. The maximum atomic E-state index is 11.2. The van der Waals surface area contributed by atoms with Gasteiger partial charge < -0.3 is 30.2 Å². The number of nitrogens with zero attached hydrogens (tertiary/aromatic N) is 1. The number of primary amides is 1. The average molecular weight is 483 g/mol. The van der Waals surface area contributed by atoms with Crippen LogP contribution < -0.4 is 25.3 Å². The third-order valence-electron chi connectivity index (χ3n) is 5.13. The fourth-order valence-corrected chi connectivity index (χ4v) is 4.42. The Morgan fingerprint density at radius 2 is 2.16 bits per heavy atom. The van der Waals surface area contributed by atoms with E-state index < -0.39 is 5.91 Å². The van der Waals surface area contributed by atoms with E-state index in [1.165, 1.54) is 6.26 Å². The fourth-order valence-electron chi connectivity index (χ4n) is 3.80. The topological polar surface area (TPSA) is 122 Å². The lowest BCUT2D eigenvalue weighted by atomic mass is 9.83. The highest BCUT2D eigenvalue weighted by Gasteiger charge is 2.30. The molecule has 0 bridgehead atoms. The van der Waals surface area contributed by atoms with Crippen LogP contribution in [0.3, 0.4) is 0 Å². The zero-order valence-corrected chi connectivity index (χ0v) is 18.4. The van der Waals surface area contributed by atoms with Gasteiger partial charge in [0.2, 0.25) is 5.91 Å². The number of aromatic amines is 1. The molecule has 0 fully saturated rings. The number of nitrogens with two attached hydrogens (primary N) is 1. The van der Waals surface area contributed by atoms with E-state index in [1.807, 2.05) is 24.3 Å². The lowest BCUT2D eigenvalue weighted by Crippen LogP contribution is -2.21. The third-order valence-corrected chi connectivity index (χ3v) is 5.72. The second-order valence-corrected chi connectivity index (χ2v) is 7.76. The summed E-state index contributed by atoms with van der Waals surface area (Å²) in [6, 6.07) is 9.83. The molecule has 4 rings (SSSR count). The molecule has 1 aromatic heterocycles. The number of hydrogen-bond acceptors (Lipinski definition) is 6. The van der Waals surface area contributed by atoms with Crippen LogP contribution in [0.25, 0.3) is 10.9 Å². The maximum Gasteiger partial charge on any atom is 0.236 e. The van der Waals surface area contributed by atoms with Gasteiger partial charge in [-0.2, -0.15) is 5.26 Å². The number of anilines is 1. The molecule has 8 nitrogen and oxygen atoms in total. The zero-order valence-electron chi connectivity index (χ0n) is 16.8. The van der Waals surface area contributed by atoms with Crippen LogP contribution in [0.5, 0.6) is 17.2 Å². The summed E-state index contributed by atoms with van der Waals surface area (Å²) in [6.45, 7) is -0.0119. The zero-order chi connectivity index (χ0) is 22.1. The molecule has 158 valence electrons. The second kappa shape index (κ2) is 8.24. The van der Waals surface area contributed by atoms with Crippen molar-refractivity contribution in [2.75, 3.05) is 26.1 Å². The van der Waals surface area contributed by atoms with Crippen molar-refractivity contribution < 1.29 is 19.0 Å². The molecule has 1 unspecified atom stereocenters. The summed E-state index contributed by atoms with van der Waals surface area (Å²) in [5.74, 6) is 0.859. The molecule has 0 saturated heterocycles. The molecule has 3 aromatic rings. The number of aromatic nitrogens is 1. The normalized spacial score (nSPS) is 14.8. The summed E-state index contributed by atoms with van der Waals surface area (Å²) in [7, 11) is 3.13. The van der Waals surface area contributed by atoms with Gasteiger partial charge in [0.1, 0.15) is 12.0 Å². The molecule has 0 spiro atoms. The fraction of sp³-hybridized carbons (Fsp3) is 0.182. The summed E-state index contributed by atoms with van der Waals surface area (Å²) >= 11 is 3.53. The quantitative estimate of drug-likeness (QED) is 0.491.